The lowest BCUT2D eigenvalue weighted by molar-refractivity contribution is -0.147. The van der Waals surface area contributed by atoms with Crippen molar-refractivity contribution in [1.82, 2.24) is 0 Å². The summed E-state index contributed by atoms with van der Waals surface area (Å²) in [6, 6.07) is 0. The molecule has 3 rings (SSSR count). The fraction of sp³-hybridized carbons (Fsp3) is 0.650. The molecule has 7 heteroatoms. The van der Waals surface area contributed by atoms with Crippen molar-refractivity contribution in [2.75, 3.05) is 12.4 Å². The number of nitrogens with one attached hydrogen (secondary N) is 1. The van der Waals surface area contributed by atoms with Crippen LogP contribution in [0.1, 0.15) is 72.2 Å². The SMILES string of the molecule is COC(=O)c1c(NC(=O)[C@H]2CCCC[C@H]2C(=O)O)sc2c1CCCCCC2. The minimum Gasteiger partial charge on any atom is -0.481 e. The molecular weight excluding hydrogens is 366 g/mol. The first-order valence-corrected chi connectivity index (χ1v) is 10.6. The number of carboxylic acids is 1. The normalized spacial score (nSPS) is 22.9. The molecule has 0 aliphatic heterocycles. The molecule has 1 aromatic rings. The van der Waals surface area contributed by atoms with Crippen molar-refractivity contribution in [2.45, 2.75) is 64.2 Å². The second-order valence-electron chi connectivity index (χ2n) is 7.44. The third-order valence-corrected chi connectivity index (χ3v) is 6.92. The molecule has 2 aliphatic rings. The Morgan fingerprint density at radius 1 is 1.00 bits per heavy atom. The minimum absolute atomic E-state index is 0.290. The molecule has 0 unspecified atom stereocenters. The van der Waals surface area contributed by atoms with Crippen molar-refractivity contribution in [3.8, 4) is 0 Å². The molecule has 0 radical (unpaired) electrons. The third-order valence-electron chi connectivity index (χ3n) is 5.72. The van der Waals surface area contributed by atoms with Crippen molar-refractivity contribution in [1.29, 1.82) is 0 Å². The number of rotatable bonds is 4. The quantitative estimate of drug-likeness (QED) is 0.754. The van der Waals surface area contributed by atoms with E-state index in [0.717, 1.165) is 55.4 Å². The molecule has 148 valence electrons. The van der Waals surface area contributed by atoms with Crippen LogP contribution < -0.4 is 5.32 Å². The Bertz CT molecular complexity index is 726. The molecule has 1 fully saturated rings. The molecule has 0 saturated heterocycles. The van der Waals surface area contributed by atoms with Gasteiger partial charge in [-0.3, -0.25) is 9.59 Å². The second-order valence-corrected chi connectivity index (χ2v) is 8.54. The maximum atomic E-state index is 12.9. The van der Waals surface area contributed by atoms with Gasteiger partial charge >= 0.3 is 11.9 Å². The Balaban J connectivity index is 1.89. The maximum Gasteiger partial charge on any atom is 0.341 e. The highest BCUT2D eigenvalue weighted by molar-refractivity contribution is 7.17. The molecule has 0 spiro atoms. The van der Waals surface area contributed by atoms with Crippen LogP contribution >= 0.6 is 11.3 Å². The number of aryl methyl sites for hydroxylation is 1. The molecule has 0 aromatic carbocycles. The maximum absolute atomic E-state index is 12.9. The number of ether oxygens (including phenoxy) is 1. The number of fused-ring (bicyclic) bond motifs is 1. The van der Waals surface area contributed by atoms with Crippen LogP contribution in [0.3, 0.4) is 0 Å². The van der Waals surface area contributed by atoms with Gasteiger partial charge in [0.25, 0.3) is 0 Å². The van der Waals surface area contributed by atoms with Crippen LogP contribution in [0.2, 0.25) is 0 Å². The molecule has 1 heterocycles. The van der Waals surface area contributed by atoms with Crippen LogP contribution in [0.4, 0.5) is 5.00 Å². The Morgan fingerprint density at radius 3 is 2.33 bits per heavy atom. The van der Waals surface area contributed by atoms with Crippen LogP contribution in [-0.4, -0.2) is 30.1 Å². The minimum atomic E-state index is -0.915. The monoisotopic (exact) mass is 393 g/mol. The molecule has 2 N–H and O–H groups in total. The van der Waals surface area contributed by atoms with Crippen LogP contribution in [0.5, 0.6) is 0 Å². The van der Waals surface area contributed by atoms with Gasteiger partial charge in [0.05, 0.1) is 24.5 Å². The zero-order valence-electron chi connectivity index (χ0n) is 15.7. The van der Waals surface area contributed by atoms with Crippen molar-refractivity contribution in [2.24, 2.45) is 11.8 Å². The van der Waals surface area contributed by atoms with Gasteiger partial charge in [-0.05, 0) is 44.1 Å². The summed E-state index contributed by atoms with van der Waals surface area (Å²) < 4.78 is 4.98. The molecule has 27 heavy (non-hydrogen) atoms. The number of anilines is 1. The summed E-state index contributed by atoms with van der Waals surface area (Å²) in [4.78, 5) is 38.0. The predicted molar refractivity (Wildman–Crippen MR) is 103 cm³/mol. The zero-order valence-corrected chi connectivity index (χ0v) is 16.5. The summed E-state index contributed by atoms with van der Waals surface area (Å²) in [7, 11) is 1.35. The van der Waals surface area contributed by atoms with Crippen LogP contribution in [0.15, 0.2) is 0 Å². The molecule has 2 atom stereocenters. The van der Waals surface area contributed by atoms with Gasteiger partial charge in [-0.25, -0.2) is 4.79 Å². The number of carboxylic acid groups (broad SMARTS) is 1. The van der Waals surface area contributed by atoms with Gasteiger partial charge in [0.15, 0.2) is 0 Å². The van der Waals surface area contributed by atoms with E-state index >= 15 is 0 Å². The van der Waals surface area contributed by atoms with Gasteiger partial charge < -0.3 is 15.2 Å². The number of thiophene rings is 1. The lowest BCUT2D eigenvalue weighted by Gasteiger charge is -2.27. The van der Waals surface area contributed by atoms with E-state index in [2.05, 4.69) is 5.32 Å². The second kappa shape index (κ2) is 8.87. The number of carbonyl (C=O) groups is 3. The molecule has 1 amide bonds. The highest BCUT2D eigenvalue weighted by atomic mass is 32.1. The summed E-state index contributed by atoms with van der Waals surface area (Å²) >= 11 is 1.45. The highest BCUT2D eigenvalue weighted by Crippen LogP contribution is 2.39. The average Bonchev–Trinajstić information content (AvgIpc) is 2.97. The predicted octanol–water partition coefficient (Wildman–Crippen LogP) is 4.02. The van der Waals surface area contributed by atoms with Crippen LogP contribution in [0, 0.1) is 11.8 Å². The Morgan fingerprint density at radius 2 is 1.67 bits per heavy atom. The van der Waals surface area contributed by atoms with Gasteiger partial charge in [-0.2, -0.15) is 0 Å². The van der Waals surface area contributed by atoms with Gasteiger partial charge in [0.2, 0.25) is 5.91 Å². The highest BCUT2D eigenvalue weighted by Gasteiger charge is 2.37. The first-order chi connectivity index (χ1) is 13.0. The van der Waals surface area contributed by atoms with Gasteiger partial charge in [-0.1, -0.05) is 25.7 Å². The van der Waals surface area contributed by atoms with E-state index in [-0.39, 0.29) is 5.91 Å². The van der Waals surface area contributed by atoms with E-state index in [1.165, 1.54) is 24.9 Å². The topological polar surface area (TPSA) is 92.7 Å². The number of hydrogen-bond donors (Lipinski definition) is 2. The lowest BCUT2D eigenvalue weighted by Crippen LogP contribution is -2.36. The summed E-state index contributed by atoms with van der Waals surface area (Å²) in [6.45, 7) is 0. The van der Waals surface area contributed by atoms with E-state index in [1.54, 1.807) is 0 Å². The van der Waals surface area contributed by atoms with E-state index < -0.39 is 23.8 Å². The fourth-order valence-electron chi connectivity index (χ4n) is 4.27. The molecule has 0 bridgehead atoms. The molecule has 1 saturated carbocycles. The molecular formula is C20H27NO5S. The summed E-state index contributed by atoms with van der Waals surface area (Å²) in [5.74, 6) is -2.84. The Hall–Kier alpha value is -1.89. The van der Waals surface area contributed by atoms with Gasteiger partial charge in [-0.15, -0.1) is 11.3 Å². The largest absolute Gasteiger partial charge is 0.481 e. The van der Waals surface area contributed by atoms with E-state index in [4.69, 9.17) is 4.74 Å². The van der Waals surface area contributed by atoms with Gasteiger partial charge in [0.1, 0.15) is 5.00 Å². The lowest BCUT2D eigenvalue weighted by atomic mass is 9.78. The van der Waals surface area contributed by atoms with Crippen molar-refractivity contribution in [3.05, 3.63) is 16.0 Å². The summed E-state index contributed by atoms with van der Waals surface area (Å²) in [5.41, 5.74) is 1.47. The van der Waals surface area contributed by atoms with Crippen LogP contribution in [-0.2, 0) is 27.2 Å². The van der Waals surface area contributed by atoms with E-state index in [1.807, 2.05) is 0 Å². The first kappa shape index (κ1) is 19.9. The Kier molecular flexibility index (Phi) is 6.52. The number of amides is 1. The molecule has 1 aromatic heterocycles. The van der Waals surface area contributed by atoms with Crippen molar-refractivity contribution < 1.29 is 24.2 Å². The van der Waals surface area contributed by atoms with E-state index in [0.29, 0.717) is 23.4 Å². The first-order valence-electron chi connectivity index (χ1n) is 9.79. The summed E-state index contributed by atoms with van der Waals surface area (Å²) in [5, 5.41) is 12.9. The number of aliphatic carboxylic acids is 1. The average molecular weight is 394 g/mol. The van der Waals surface area contributed by atoms with E-state index in [9.17, 15) is 19.5 Å². The number of carbonyl (C=O) groups excluding carboxylic acids is 2. The number of methoxy groups -OCH3 is 1. The zero-order chi connectivity index (χ0) is 19.4. The third kappa shape index (κ3) is 4.34. The standard InChI is InChI=1S/C20H27NO5S/c1-26-20(25)16-14-10-4-2-3-5-11-15(14)27-18(16)21-17(22)12-8-6-7-9-13(12)19(23)24/h12-13H,2-11H2,1H3,(H,21,22)(H,23,24)/t12-,13+/m0/s1. The Labute approximate surface area is 163 Å². The molecule has 2 aliphatic carbocycles. The summed E-state index contributed by atoms with van der Waals surface area (Å²) in [6.07, 6.45) is 8.91. The smallest absolute Gasteiger partial charge is 0.341 e. The van der Waals surface area contributed by atoms with Crippen molar-refractivity contribution >= 4 is 34.2 Å². The van der Waals surface area contributed by atoms with Crippen molar-refractivity contribution in [3.63, 3.8) is 0 Å². The number of esters is 1. The van der Waals surface area contributed by atoms with Crippen LogP contribution in [0.25, 0.3) is 0 Å². The molecule has 6 nitrogen and oxygen atoms in total. The fourth-order valence-corrected chi connectivity index (χ4v) is 5.55. The number of hydrogen-bond acceptors (Lipinski definition) is 5. The van der Waals surface area contributed by atoms with Gasteiger partial charge in [0, 0.05) is 4.88 Å².